The second kappa shape index (κ2) is 8.47. The van der Waals surface area contributed by atoms with E-state index < -0.39 is 11.8 Å². The minimum Gasteiger partial charge on any atom is -0.507 e. The number of hydrogen-bond acceptors (Lipinski definition) is 4. The van der Waals surface area contributed by atoms with Crippen LogP contribution >= 0.6 is 27.5 Å². The lowest BCUT2D eigenvalue weighted by atomic mass is 10.2. The fraction of sp³-hybridized carbons (Fsp3) is 0.0625. The minimum absolute atomic E-state index is 0.0345. The van der Waals surface area contributed by atoms with Crippen molar-refractivity contribution < 1.29 is 14.7 Å². The molecule has 124 valence electrons. The molecule has 2 rings (SSSR count). The number of carbonyl (C=O) groups is 2. The normalized spacial score (nSPS) is 10.6. The first kappa shape index (κ1) is 18.0. The molecular formula is C16H13BrClN3O3. The first-order valence-corrected chi connectivity index (χ1v) is 7.97. The number of aromatic hydroxyl groups is 1. The monoisotopic (exact) mass is 409 g/mol. The molecule has 2 aromatic carbocycles. The summed E-state index contributed by atoms with van der Waals surface area (Å²) in [5.41, 5.74) is 3.10. The van der Waals surface area contributed by atoms with Gasteiger partial charge in [-0.2, -0.15) is 5.10 Å². The van der Waals surface area contributed by atoms with E-state index in [1.807, 2.05) is 0 Å². The number of phenols is 1. The average molecular weight is 411 g/mol. The molecule has 2 aromatic rings. The number of benzene rings is 2. The van der Waals surface area contributed by atoms with Crippen LogP contribution in [0.2, 0.25) is 5.02 Å². The first-order valence-electron chi connectivity index (χ1n) is 6.80. The van der Waals surface area contributed by atoms with Crippen molar-refractivity contribution in [1.29, 1.82) is 0 Å². The standard InChI is InChI=1S/C16H13BrClN3O3/c17-12-3-6-14(22)11(7-12)8-20-21-15(23)9-19-16(24)10-1-4-13(18)5-2-10/h1-8,22H,9H2,(H,19,24)(H,21,23). The summed E-state index contributed by atoms with van der Waals surface area (Å²) in [6.45, 7) is -0.233. The highest BCUT2D eigenvalue weighted by Gasteiger charge is 2.07. The highest BCUT2D eigenvalue weighted by Crippen LogP contribution is 2.19. The third-order valence-electron chi connectivity index (χ3n) is 2.90. The Hall–Kier alpha value is -2.38. The van der Waals surface area contributed by atoms with Gasteiger partial charge in [-0.05, 0) is 42.5 Å². The molecule has 0 bridgehead atoms. The molecular weight excluding hydrogens is 398 g/mol. The number of hydrogen-bond donors (Lipinski definition) is 3. The highest BCUT2D eigenvalue weighted by atomic mass is 79.9. The molecule has 0 fully saturated rings. The molecule has 6 nitrogen and oxygen atoms in total. The summed E-state index contributed by atoms with van der Waals surface area (Å²) < 4.78 is 0.767. The lowest BCUT2D eigenvalue weighted by Crippen LogP contribution is -2.34. The lowest BCUT2D eigenvalue weighted by molar-refractivity contribution is -0.120. The van der Waals surface area contributed by atoms with Gasteiger partial charge < -0.3 is 10.4 Å². The molecule has 8 heteroatoms. The molecule has 0 saturated carbocycles. The van der Waals surface area contributed by atoms with Gasteiger partial charge in [0.1, 0.15) is 5.75 Å². The van der Waals surface area contributed by atoms with Crippen LogP contribution in [0.25, 0.3) is 0 Å². The number of nitrogens with zero attached hydrogens (tertiary/aromatic N) is 1. The van der Waals surface area contributed by atoms with Gasteiger partial charge in [0.25, 0.3) is 11.8 Å². The summed E-state index contributed by atoms with van der Waals surface area (Å²) in [6, 6.07) is 11.1. The first-order chi connectivity index (χ1) is 11.5. The van der Waals surface area contributed by atoms with Gasteiger partial charge in [-0.15, -0.1) is 0 Å². The number of amides is 2. The topological polar surface area (TPSA) is 90.8 Å². The molecule has 0 unspecified atom stereocenters. The van der Waals surface area contributed by atoms with Crippen LogP contribution in [0.5, 0.6) is 5.75 Å². The van der Waals surface area contributed by atoms with E-state index in [2.05, 4.69) is 31.8 Å². The molecule has 0 atom stereocenters. The summed E-state index contributed by atoms with van der Waals surface area (Å²) in [7, 11) is 0. The Morgan fingerprint density at radius 1 is 1.21 bits per heavy atom. The zero-order valence-electron chi connectivity index (χ0n) is 12.3. The van der Waals surface area contributed by atoms with E-state index in [1.54, 1.807) is 36.4 Å². The van der Waals surface area contributed by atoms with E-state index in [1.165, 1.54) is 12.3 Å². The molecule has 0 aliphatic heterocycles. The van der Waals surface area contributed by atoms with Crippen LogP contribution < -0.4 is 10.7 Å². The Morgan fingerprint density at radius 2 is 1.92 bits per heavy atom. The Morgan fingerprint density at radius 3 is 2.62 bits per heavy atom. The van der Waals surface area contributed by atoms with Gasteiger partial charge in [-0.25, -0.2) is 5.43 Å². The SMILES string of the molecule is O=C(CNC(=O)c1ccc(Cl)cc1)NN=Cc1cc(Br)ccc1O. The minimum atomic E-state index is -0.497. The number of phenolic OH excluding ortho intramolecular Hbond substituents is 1. The van der Waals surface area contributed by atoms with Gasteiger partial charge in [-0.1, -0.05) is 27.5 Å². The third kappa shape index (κ3) is 5.36. The van der Waals surface area contributed by atoms with Crippen molar-refractivity contribution >= 4 is 45.6 Å². The van der Waals surface area contributed by atoms with Crippen LogP contribution in [0.3, 0.4) is 0 Å². The van der Waals surface area contributed by atoms with Crippen LogP contribution in [-0.4, -0.2) is 29.7 Å². The lowest BCUT2D eigenvalue weighted by Gasteiger charge is -2.04. The second-order valence-electron chi connectivity index (χ2n) is 4.69. The van der Waals surface area contributed by atoms with E-state index in [9.17, 15) is 14.7 Å². The summed E-state index contributed by atoms with van der Waals surface area (Å²) in [4.78, 5) is 23.5. The van der Waals surface area contributed by atoms with E-state index in [0.29, 0.717) is 16.1 Å². The van der Waals surface area contributed by atoms with Gasteiger partial charge in [0.05, 0.1) is 12.8 Å². The molecule has 3 N–H and O–H groups in total. The van der Waals surface area contributed by atoms with Gasteiger partial charge >= 0.3 is 0 Å². The molecule has 0 aliphatic rings. The van der Waals surface area contributed by atoms with Gasteiger partial charge in [0.2, 0.25) is 0 Å². The Labute approximate surface area is 151 Å². The van der Waals surface area contributed by atoms with Crippen molar-refractivity contribution in [1.82, 2.24) is 10.7 Å². The molecule has 24 heavy (non-hydrogen) atoms. The van der Waals surface area contributed by atoms with Crippen molar-refractivity contribution in [3.8, 4) is 5.75 Å². The quantitative estimate of drug-likeness (QED) is 0.523. The summed E-state index contributed by atoms with van der Waals surface area (Å²) >= 11 is 9.01. The Bertz CT molecular complexity index is 779. The van der Waals surface area contributed by atoms with Crippen LogP contribution in [0.4, 0.5) is 0 Å². The van der Waals surface area contributed by atoms with Crippen molar-refractivity contribution in [2.75, 3.05) is 6.54 Å². The van der Waals surface area contributed by atoms with Crippen LogP contribution in [0, 0.1) is 0 Å². The number of hydrazone groups is 1. The highest BCUT2D eigenvalue weighted by molar-refractivity contribution is 9.10. The molecule has 0 saturated heterocycles. The van der Waals surface area contributed by atoms with Crippen molar-refractivity contribution in [2.45, 2.75) is 0 Å². The maximum Gasteiger partial charge on any atom is 0.259 e. The van der Waals surface area contributed by atoms with Gasteiger partial charge in [0, 0.05) is 20.6 Å². The number of carbonyl (C=O) groups excluding carboxylic acids is 2. The van der Waals surface area contributed by atoms with Crippen LogP contribution in [-0.2, 0) is 4.79 Å². The van der Waals surface area contributed by atoms with E-state index in [0.717, 1.165) is 4.47 Å². The van der Waals surface area contributed by atoms with Gasteiger partial charge in [-0.3, -0.25) is 9.59 Å². The zero-order chi connectivity index (χ0) is 17.5. The molecule has 2 amide bonds. The van der Waals surface area contributed by atoms with Crippen LogP contribution in [0.1, 0.15) is 15.9 Å². The maximum atomic E-state index is 11.8. The zero-order valence-corrected chi connectivity index (χ0v) is 14.6. The number of nitrogens with one attached hydrogen (secondary N) is 2. The molecule has 0 radical (unpaired) electrons. The maximum absolute atomic E-state index is 11.8. The summed E-state index contributed by atoms with van der Waals surface area (Å²) in [6.07, 6.45) is 1.30. The fourth-order valence-electron chi connectivity index (χ4n) is 1.71. The Kier molecular flexibility index (Phi) is 6.34. The molecule has 0 aliphatic carbocycles. The predicted octanol–water partition coefficient (Wildman–Crippen LogP) is 2.69. The van der Waals surface area contributed by atoms with Crippen molar-refractivity contribution in [3.05, 3.63) is 63.1 Å². The summed E-state index contributed by atoms with van der Waals surface area (Å²) in [5.74, 6) is -0.856. The molecule has 0 spiro atoms. The Balaban J connectivity index is 1.83. The third-order valence-corrected chi connectivity index (χ3v) is 3.64. The molecule has 0 heterocycles. The number of rotatable bonds is 5. The average Bonchev–Trinajstić information content (AvgIpc) is 2.56. The predicted molar refractivity (Wildman–Crippen MR) is 95.3 cm³/mol. The van der Waals surface area contributed by atoms with Crippen molar-refractivity contribution in [3.63, 3.8) is 0 Å². The van der Waals surface area contributed by atoms with E-state index in [-0.39, 0.29) is 12.3 Å². The number of halogens is 2. The van der Waals surface area contributed by atoms with E-state index >= 15 is 0 Å². The largest absolute Gasteiger partial charge is 0.507 e. The molecule has 0 aromatic heterocycles. The van der Waals surface area contributed by atoms with E-state index in [4.69, 9.17) is 11.6 Å². The van der Waals surface area contributed by atoms with Gasteiger partial charge in [0.15, 0.2) is 0 Å². The smallest absolute Gasteiger partial charge is 0.259 e. The summed E-state index contributed by atoms with van der Waals surface area (Å²) in [5, 5.41) is 16.3. The second-order valence-corrected chi connectivity index (χ2v) is 6.04. The van der Waals surface area contributed by atoms with Crippen LogP contribution in [0.15, 0.2) is 52.0 Å². The fourth-order valence-corrected chi connectivity index (χ4v) is 2.21. The van der Waals surface area contributed by atoms with Crippen molar-refractivity contribution in [2.24, 2.45) is 5.10 Å².